The van der Waals surface area contributed by atoms with Gasteiger partial charge in [-0.3, -0.25) is 0 Å². The maximum atomic E-state index is 11.9. The molecule has 17 heavy (non-hydrogen) atoms. The molecule has 0 spiro atoms. The van der Waals surface area contributed by atoms with E-state index < -0.39 is 18.8 Å². The Morgan fingerprint density at radius 2 is 2.12 bits per heavy atom. The molecule has 4 nitrogen and oxygen atoms in total. The van der Waals surface area contributed by atoms with Gasteiger partial charge in [-0.1, -0.05) is 6.42 Å². The van der Waals surface area contributed by atoms with E-state index >= 15 is 0 Å². The number of nitrogens with one attached hydrogen (secondary N) is 1. The zero-order valence-corrected chi connectivity index (χ0v) is 9.76. The van der Waals surface area contributed by atoms with Crippen molar-refractivity contribution in [2.24, 2.45) is 11.7 Å². The number of nitrogens with two attached hydrogens (primary N) is 1. The second-order valence-corrected chi connectivity index (χ2v) is 4.38. The number of alkyl halides is 3. The lowest BCUT2D eigenvalue weighted by atomic mass is 10.0. The summed E-state index contributed by atoms with van der Waals surface area (Å²) in [4.78, 5) is 12.9. The minimum Gasteiger partial charge on any atom is -0.330 e. The first-order valence-corrected chi connectivity index (χ1v) is 5.62. The third kappa shape index (κ3) is 4.07. The monoisotopic (exact) mass is 253 g/mol. The fourth-order valence-corrected chi connectivity index (χ4v) is 2.25. The Balaban J connectivity index is 2.46. The van der Waals surface area contributed by atoms with Crippen LogP contribution in [0.3, 0.4) is 0 Å². The van der Waals surface area contributed by atoms with Crippen molar-refractivity contribution in [1.82, 2.24) is 10.2 Å². The van der Waals surface area contributed by atoms with Gasteiger partial charge in [0.15, 0.2) is 0 Å². The van der Waals surface area contributed by atoms with E-state index in [4.69, 9.17) is 5.73 Å². The highest BCUT2D eigenvalue weighted by molar-refractivity contribution is 5.74. The van der Waals surface area contributed by atoms with Crippen LogP contribution in [0.1, 0.15) is 19.3 Å². The molecule has 1 fully saturated rings. The first-order chi connectivity index (χ1) is 7.85. The van der Waals surface area contributed by atoms with Crippen LogP contribution in [0.5, 0.6) is 0 Å². The van der Waals surface area contributed by atoms with Crippen LogP contribution >= 0.6 is 0 Å². The van der Waals surface area contributed by atoms with Crippen LogP contribution < -0.4 is 11.1 Å². The van der Waals surface area contributed by atoms with Crippen molar-refractivity contribution in [2.75, 3.05) is 20.1 Å². The largest absolute Gasteiger partial charge is 0.405 e. The number of hydrogen-bond donors (Lipinski definition) is 2. The molecule has 0 saturated heterocycles. The van der Waals surface area contributed by atoms with Crippen molar-refractivity contribution in [3.05, 3.63) is 0 Å². The molecule has 7 heteroatoms. The Hall–Kier alpha value is -0.980. The molecule has 100 valence electrons. The summed E-state index contributed by atoms with van der Waals surface area (Å²) in [5.74, 6) is 0.191. The van der Waals surface area contributed by atoms with Crippen molar-refractivity contribution in [3.8, 4) is 0 Å². The summed E-state index contributed by atoms with van der Waals surface area (Å²) in [6, 6.07) is -0.735. The summed E-state index contributed by atoms with van der Waals surface area (Å²) in [6.45, 7) is -0.836. The number of carbonyl (C=O) groups excluding carboxylic acids is 1. The predicted octanol–water partition coefficient (Wildman–Crippen LogP) is 1.32. The molecule has 1 aliphatic carbocycles. The zero-order chi connectivity index (χ0) is 13.1. The molecule has 3 N–H and O–H groups in total. The van der Waals surface area contributed by atoms with Crippen LogP contribution in [0.4, 0.5) is 18.0 Å². The Morgan fingerprint density at radius 1 is 1.47 bits per heavy atom. The lowest BCUT2D eigenvalue weighted by Gasteiger charge is -2.29. The van der Waals surface area contributed by atoms with E-state index in [0.717, 1.165) is 19.3 Å². The molecule has 2 atom stereocenters. The van der Waals surface area contributed by atoms with Gasteiger partial charge in [0.1, 0.15) is 6.54 Å². The summed E-state index contributed by atoms with van der Waals surface area (Å²) >= 11 is 0. The van der Waals surface area contributed by atoms with Crippen molar-refractivity contribution in [3.63, 3.8) is 0 Å². The summed E-state index contributed by atoms with van der Waals surface area (Å²) in [5, 5.41) is 1.87. The number of carbonyl (C=O) groups is 1. The highest BCUT2D eigenvalue weighted by Gasteiger charge is 2.33. The quantitative estimate of drug-likeness (QED) is 0.797. The lowest BCUT2D eigenvalue weighted by molar-refractivity contribution is -0.123. The Bertz CT molecular complexity index is 270. The standard InChI is InChI=1S/C10H18F3N3O/c1-16(8-4-2-3-7(8)5-14)9(17)15-6-10(11,12)13/h7-8H,2-6,14H2,1H3,(H,15,17). The smallest absolute Gasteiger partial charge is 0.330 e. The second-order valence-electron chi connectivity index (χ2n) is 4.38. The molecule has 0 aromatic rings. The summed E-state index contributed by atoms with van der Waals surface area (Å²) in [6.07, 6.45) is -1.68. The van der Waals surface area contributed by atoms with E-state index in [-0.39, 0.29) is 12.0 Å². The topological polar surface area (TPSA) is 58.4 Å². The molecule has 0 aromatic carbocycles. The molecule has 0 radical (unpaired) electrons. The molecule has 0 aromatic heterocycles. The number of hydrogen-bond acceptors (Lipinski definition) is 2. The summed E-state index contributed by atoms with van der Waals surface area (Å²) < 4.78 is 35.8. The van der Waals surface area contributed by atoms with Crippen LogP contribution in [0.15, 0.2) is 0 Å². The number of urea groups is 1. The van der Waals surface area contributed by atoms with Gasteiger partial charge in [0, 0.05) is 13.1 Å². The minimum atomic E-state index is -4.38. The van der Waals surface area contributed by atoms with Crippen LogP contribution in [-0.2, 0) is 0 Å². The van der Waals surface area contributed by atoms with E-state index in [0.29, 0.717) is 6.54 Å². The number of halogens is 3. The normalized spacial score (nSPS) is 24.8. The minimum absolute atomic E-state index is 0.0479. The van der Waals surface area contributed by atoms with Gasteiger partial charge in [-0.15, -0.1) is 0 Å². The molecular formula is C10H18F3N3O. The molecule has 2 unspecified atom stereocenters. The van der Waals surface area contributed by atoms with Gasteiger partial charge in [-0.25, -0.2) is 4.79 Å². The van der Waals surface area contributed by atoms with Crippen molar-refractivity contribution in [1.29, 1.82) is 0 Å². The molecule has 2 amide bonds. The maximum Gasteiger partial charge on any atom is 0.405 e. The molecule has 0 heterocycles. The van der Waals surface area contributed by atoms with Crippen molar-refractivity contribution >= 4 is 6.03 Å². The highest BCUT2D eigenvalue weighted by atomic mass is 19.4. The average molecular weight is 253 g/mol. The average Bonchev–Trinajstić information content (AvgIpc) is 2.71. The fourth-order valence-electron chi connectivity index (χ4n) is 2.25. The molecule has 0 aliphatic heterocycles. The van der Waals surface area contributed by atoms with Gasteiger partial charge < -0.3 is 16.0 Å². The fraction of sp³-hybridized carbons (Fsp3) is 0.900. The number of nitrogens with zero attached hydrogens (tertiary/aromatic N) is 1. The molecule has 1 rings (SSSR count). The van der Waals surface area contributed by atoms with Crippen molar-refractivity contribution in [2.45, 2.75) is 31.5 Å². The number of amides is 2. The summed E-state index contributed by atoms with van der Waals surface area (Å²) in [7, 11) is 1.52. The molecule has 0 bridgehead atoms. The second kappa shape index (κ2) is 5.57. The van der Waals surface area contributed by atoms with Crippen LogP contribution in [-0.4, -0.2) is 43.3 Å². The third-order valence-corrected chi connectivity index (χ3v) is 3.18. The first-order valence-electron chi connectivity index (χ1n) is 5.62. The molecule has 1 saturated carbocycles. The van der Waals surface area contributed by atoms with Gasteiger partial charge in [0.25, 0.3) is 0 Å². The van der Waals surface area contributed by atoms with Gasteiger partial charge in [-0.2, -0.15) is 13.2 Å². The molecule has 1 aliphatic rings. The SMILES string of the molecule is CN(C(=O)NCC(F)(F)F)C1CCCC1CN. The van der Waals surface area contributed by atoms with E-state index in [1.54, 1.807) is 0 Å². The predicted molar refractivity (Wildman–Crippen MR) is 57.4 cm³/mol. The van der Waals surface area contributed by atoms with E-state index in [9.17, 15) is 18.0 Å². The van der Waals surface area contributed by atoms with E-state index in [1.165, 1.54) is 11.9 Å². The third-order valence-electron chi connectivity index (χ3n) is 3.18. The van der Waals surface area contributed by atoms with Gasteiger partial charge in [0.05, 0.1) is 0 Å². The zero-order valence-electron chi connectivity index (χ0n) is 9.76. The van der Waals surface area contributed by atoms with Crippen molar-refractivity contribution < 1.29 is 18.0 Å². The lowest BCUT2D eigenvalue weighted by Crippen LogP contribution is -2.48. The van der Waals surface area contributed by atoms with Gasteiger partial charge >= 0.3 is 12.2 Å². The van der Waals surface area contributed by atoms with E-state index in [2.05, 4.69) is 0 Å². The Labute approximate surface area is 98.3 Å². The van der Waals surface area contributed by atoms with Crippen LogP contribution in [0.2, 0.25) is 0 Å². The summed E-state index contributed by atoms with van der Waals surface area (Å²) in [5.41, 5.74) is 5.57. The first kappa shape index (κ1) is 14.1. The maximum absolute atomic E-state index is 11.9. The van der Waals surface area contributed by atoms with Crippen LogP contribution in [0, 0.1) is 5.92 Å². The number of rotatable bonds is 3. The van der Waals surface area contributed by atoms with Gasteiger partial charge in [0.2, 0.25) is 0 Å². The van der Waals surface area contributed by atoms with E-state index in [1.807, 2.05) is 5.32 Å². The van der Waals surface area contributed by atoms with Crippen LogP contribution in [0.25, 0.3) is 0 Å². The Morgan fingerprint density at radius 3 is 2.65 bits per heavy atom. The molecular weight excluding hydrogens is 235 g/mol. The highest BCUT2D eigenvalue weighted by Crippen LogP contribution is 2.28. The Kier molecular flexibility index (Phi) is 4.62. The van der Waals surface area contributed by atoms with Gasteiger partial charge in [-0.05, 0) is 25.3 Å².